The van der Waals surface area contributed by atoms with Crippen LogP contribution in [-0.4, -0.2) is 32.2 Å². The number of urea groups is 1. The molecule has 2 heterocycles. The molecule has 1 aromatic heterocycles. The summed E-state index contributed by atoms with van der Waals surface area (Å²) in [5.41, 5.74) is 1.79. The van der Waals surface area contributed by atoms with Gasteiger partial charge >= 0.3 is 12.0 Å². The maximum atomic E-state index is 12.7. The molecule has 0 fully saturated rings. The van der Waals surface area contributed by atoms with E-state index in [-0.39, 0.29) is 6.61 Å². The maximum absolute atomic E-state index is 12.7. The Balaban J connectivity index is 2.00. The summed E-state index contributed by atoms with van der Waals surface area (Å²) in [4.78, 5) is 26.9. The van der Waals surface area contributed by atoms with Crippen molar-refractivity contribution in [2.75, 3.05) is 25.1 Å². The van der Waals surface area contributed by atoms with E-state index in [4.69, 9.17) is 9.15 Å². The van der Waals surface area contributed by atoms with Crippen molar-refractivity contribution in [3.8, 4) is 0 Å². The molecule has 2 aromatic rings. The number of aryl methyl sites for hydroxylation is 1. The van der Waals surface area contributed by atoms with Gasteiger partial charge in [0.2, 0.25) is 0 Å². The van der Waals surface area contributed by atoms with Crippen molar-refractivity contribution in [1.82, 2.24) is 10.6 Å². The van der Waals surface area contributed by atoms with E-state index in [9.17, 15) is 9.59 Å². The first-order valence-electron chi connectivity index (χ1n) is 8.79. The summed E-state index contributed by atoms with van der Waals surface area (Å²) in [5.74, 6) is 0.703. The van der Waals surface area contributed by atoms with Gasteiger partial charge in [-0.25, -0.2) is 9.59 Å². The van der Waals surface area contributed by atoms with Crippen LogP contribution >= 0.6 is 0 Å². The number of anilines is 1. The molecular weight excluding hydrogens is 346 g/mol. The summed E-state index contributed by atoms with van der Waals surface area (Å²) in [5, 5.41) is 5.52. The van der Waals surface area contributed by atoms with Gasteiger partial charge in [-0.15, -0.1) is 0 Å². The van der Waals surface area contributed by atoms with E-state index in [2.05, 4.69) is 10.6 Å². The molecule has 0 saturated carbocycles. The normalized spacial score (nSPS) is 16.6. The van der Waals surface area contributed by atoms with Crippen LogP contribution in [-0.2, 0) is 9.53 Å². The first kappa shape index (κ1) is 18.6. The third-order valence-electron chi connectivity index (χ3n) is 4.29. The standard InChI is InChI=1S/C20H23N3O4/c1-4-26-19(24)17-15(12-23(3)14-8-6-5-7-9-14)21-20(25)22-18(17)16-11-10-13(2)27-16/h5-11,18H,4,12H2,1-3H3,(H2,21,22,25)/t18-/m0/s1. The third kappa shape index (κ3) is 4.13. The summed E-state index contributed by atoms with van der Waals surface area (Å²) in [6, 6.07) is 12.2. The minimum Gasteiger partial charge on any atom is -0.464 e. The van der Waals surface area contributed by atoms with Gasteiger partial charge in [0.15, 0.2) is 0 Å². The van der Waals surface area contributed by atoms with Crippen molar-refractivity contribution in [2.24, 2.45) is 0 Å². The molecule has 27 heavy (non-hydrogen) atoms. The molecule has 1 aromatic carbocycles. The van der Waals surface area contributed by atoms with Gasteiger partial charge in [0.25, 0.3) is 0 Å². The SMILES string of the molecule is CCOC(=O)C1=C(CN(C)c2ccccc2)NC(=O)N[C@H]1c1ccc(C)o1. The van der Waals surface area contributed by atoms with Crippen molar-refractivity contribution >= 4 is 17.7 Å². The number of amides is 2. The lowest BCUT2D eigenvalue weighted by atomic mass is 10.00. The number of hydrogen-bond acceptors (Lipinski definition) is 5. The average Bonchev–Trinajstić information content (AvgIpc) is 3.08. The van der Waals surface area contributed by atoms with Crippen LogP contribution in [0.2, 0.25) is 0 Å². The van der Waals surface area contributed by atoms with Crippen LogP contribution < -0.4 is 15.5 Å². The zero-order valence-corrected chi connectivity index (χ0v) is 15.6. The van der Waals surface area contributed by atoms with E-state index in [1.54, 1.807) is 19.1 Å². The second-order valence-electron chi connectivity index (χ2n) is 6.28. The Morgan fingerprint density at radius 1 is 1.22 bits per heavy atom. The van der Waals surface area contributed by atoms with Gasteiger partial charge in [0, 0.05) is 12.7 Å². The molecule has 2 amide bonds. The van der Waals surface area contributed by atoms with E-state index in [0.717, 1.165) is 5.69 Å². The van der Waals surface area contributed by atoms with Gasteiger partial charge in [0.1, 0.15) is 17.6 Å². The van der Waals surface area contributed by atoms with Gasteiger partial charge < -0.3 is 24.7 Å². The topological polar surface area (TPSA) is 83.8 Å². The molecule has 1 aliphatic rings. The molecule has 142 valence electrons. The number of rotatable bonds is 6. The monoisotopic (exact) mass is 369 g/mol. The highest BCUT2D eigenvalue weighted by atomic mass is 16.5. The number of likely N-dealkylation sites (N-methyl/N-ethyl adjacent to an activating group) is 1. The lowest BCUT2D eigenvalue weighted by Crippen LogP contribution is -2.48. The van der Waals surface area contributed by atoms with Crippen LogP contribution in [0.1, 0.15) is 24.5 Å². The second-order valence-corrected chi connectivity index (χ2v) is 6.28. The van der Waals surface area contributed by atoms with E-state index in [1.807, 2.05) is 49.2 Å². The van der Waals surface area contributed by atoms with E-state index >= 15 is 0 Å². The maximum Gasteiger partial charge on any atom is 0.338 e. The number of nitrogens with zero attached hydrogens (tertiary/aromatic N) is 1. The molecule has 0 saturated heterocycles. The summed E-state index contributed by atoms with van der Waals surface area (Å²) >= 11 is 0. The molecule has 0 unspecified atom stereocenters. The predicted octanol–water partition coefficient (Wildman–Crippen LogP) is 2.90. The van der Waals surface area contributed by atoms with Gasteiger partial charge in [-0.3, -0.25) is 0 Å². The lowest BCUT2D eigenvalue weighted by molar-refractivity contribution is -0.139. The van der Waals surface area contributed by atoms with Crippen molar-refractivity contribution in [3.05, 3.63) is 65.3 Å². The highest BCUT2D eigenvalue weighted by Gasteiger charge is 2.35. The van der Waals surface area contributed by atoms with Crippen LogP contribution in [0.25, 0.3) is 0 Å². The number of esters is 1. The number of para-hydroxylation sites is 1. The minimum absolute atomic E-state index is 0.238. The Labute approximate surface area is 158 Å². The van der Waals surface area contributed by atoms with Crippen molar-refractivity contribution < 1.29 is 18.7 Å². The molecule has 0 bridgehead atoms. The summed E-state index contributed by atoms with van der Waals surface area (Å²) in [6.07, 6.45) is 0. The molecule has 2 N–H and O–H groups in total. The number of hydrogen-bond donors (Lipinski definition) is 2. The van der Waals surface area contributed by atoms with Gasteiger partial charge in [-0.05, 0) is 38.1 Å². The summed E-state index contributed by atoms with van der Waals surface area (Å²) in [7, 11) is 1.89. The van der Waals surface area contributed by atoms with Crippen molar-refractivity contribution in [2.45, 2.75) is 19.9 Å². The fourth-order valence-corrected chi connectivity index (χ4v) is 3.03. The molecule has 0 spiro atoms. The van der Waals surface area contributed by atoms with Crippen LogP contribution in [0, 0.1) is 6.92 Å². The van der Waals surface area contributed by atoms with E-state index in [0.29, 0.717) is 29.3 Å². The Kier molecular flexibility index (Phi) is 5.49. The highest BCUT2D eigenvalue weighted by molar-refractivity contribution is 5.95. The smallest absolute Gasteiger partial charge is 0.338 e. The summed E-state index contributed by atoms with van der Waals surface area (Å²) < 4.78 is 10.9. The molecular formula is C20H23N3O4. The van der Waals surface area contributed by atoms with E-state index in [1.165, 1.54) is 0 Å². The first-order valence-corrected chi connectivity index (χ1v) is 8.79. The van der Waals surface area contributed by atoms with Crippen LogP contribution in [0.3, 0.4) is 0 Å². The number of ether oxygens (including phenoxy) is 1. The molecule has 3 rings (SSSR count). The van der Waals surface area contributed by atoms with Crippen molar-refractivity contribution in [1.29, 1.82) is 0 Å². The van der Waals surface area contributed by atoms with Gasteiger partial charge in [0.05, 0.1) is 24.4 Å². The zero-order chi connectivity index (χ0) is 19.4. The largest absolute Gasteiger partial charge is 0.464 e. The Bertz CT molecular complexity index is 857. The Hall–Kier alpha value is -3.22. The van der Waals surface area contributed by atoms with E-state index < -0.39 is 18.0 Å². The average molecular weight is 369 g/mol. The molecule has 7 nitrogen and oxygen atoms in total. The Morgan fingerprint density at radius 3 is 2.59 bits per heavy atom. The molecule has 1 atom stereocenters. The quantitative estimate of drug-likeness (QED) is 0.765. The number of furan rings is 1. The first-order chi connectivity index (χ1) is 13.0. The van der Waals surface area contributed by atoms with Gasteiger partial charge in [-0.2, -0.15) is 0 Å². The molecule has 0 aliphatic carbocycles. The van der Waals surface area contributed by atoms with Crippen LogP contribution in [0.15, 0.2) is 58.2 Å². The Morgan fingerprint density at radius 2 is 1.96 bits per heavy atom. The van der Waals surface area contributed by atoms with Crippen LogP contribution in [0.5, 0.6) is 0 Å². The van der Waals surface area contributed by atoms with Crippen molar-refractivity contribution in [3.63, 3.8) is 0 Å². The molecule has 1 aliphatic heterocycles. The minimum atomic E-state index is -0.703. The second kappa shape index (κ2) is 7.99. The molecule has 0 radical (unpaired) electrons. The zero-order valence-electron chi connectivity index (χ0n) is 15.6. The third-order valence-corrected chi connectivity index (χ3v) is 4.29. The number of benzene rings is 1. The fourth-order valence-electron chi connectivity index (χ4n) is 3.03. The number of nitrogens with one attached hydrogen (secondary N) is 2. The van der Waals surface area contributed by atoms with Gasteiger partial charge in [-0.1, -0.05) is 18.2 Å². The molecule has 7 heteroatoms. The summed E-state index contributed by atoms with van der Waals surface area (Å²) in [6.45, 7) is 4.13. The number of carbonyl (C=O) groups is 2. The lowest BCUT2D eigenvalue weighted by Gasteiger charge is -2.30. The fraction of sp³-hybridized carbons (Fsp3) is 0.300. The predicted molar refractivity (Wildman–Crippen MR) is 101 cm³/mol. The number of carbonyl (C=O) groups excluding carboxylic acids is 2. The highest BCUT2D eigenvalue weighted by Crippen LogP contribution is 2.29. The van der Waals surface area contributed by atoms with Crippen LogP contribution in [0.4, 0.5) is 10.5 Å².